The molecule has 182 valence electrons. The standard InChI is InChI=1S/C28H26N4O4/c1-5-35-25-8-6-24(7-9-25)32-19(3)13-21(20(32)4)14-22(16-29)28(34)36-17-23-15-27(33)31-11-10-18(2)12-26(31)30-23/h6-15H,5,17H2,1-4H3/b22-14+. The number of fused-ring (bicyclic) bond motifs is 1. The van der Waals surface area contributed by atoms with Crippen LogP contribution in [0.1, 0.15) is 35.1 Å². The summed E-state index contributed by atoms with van der Waals surface area (Å²) in [4.78, 5) is 29.4. The van der Waals surface area contributed by atoms with Crippen molar-refractivity contribution >= 4 is 17.7 Å². The first kappa shape index (κ1) is 24.5. The van der Waals surface area contributed by atoms with Gasteiger partial charge in [-0.25, -0.2) is 9.78 Å². The van der Waals surface area contributed by atoms with E-state index in [9.17, 15) is 14.9 Å². The van der Waals surface area contributed by atoms with Crippen LogP contribution in [0.3, 0.4) is 0 Å². The SMILES string of the molecule is CCOc1ccc(-n2c(C)cc(/C=C(\C#N)C(=O)OCc3cc(=O)n4ccc(C)cc4n3)c2C)cc1. The Labute approximate surface area is 208 Å². The molecule has 0 unspecified atom stereocenters. The van der Waals surface area contributed by atoms with Crippen molar-refractivity contribution in [1.29, 1.82) is 5.26 Å². The lowest BCUT2D eigenvalue weighted by Gasteiger charge is -2.11. The number of hydrogen-bond donors (Lipinski definition) is 0. The average Bonchev–Trinajstić information content (AvgIpc) is 3.14. The Morgan fingerprint density at radius 2 is 1.86 bits per heavy atom. The molecule has 8 nitrogen and oxygen atoms in total. The minimum absolute atomic E-state index is 0.143. The van der Waals surface area contributed by atoms with Gasteiger partial charge in [-0.05, 0) is 87.4 Å². The fraction of sp³-hybridized carbons (Fsp3) is 0.214. The van der Waals surface area contributed by atoms with Gasteiger partial charge in [0.25, 0.3) is 5.56 Å². The molecule has 3 aromatic heterocycles. The molecule has 0 spiro atoms. The molecule has 0 aliphatic heterocycles. The minimum atomic E-state index is -0.783. The van der Waals surface area contributed by atoms with Crippen molar-refractivity contribution in [2.75, 3.05) is 6.61 Å². The van der Waals surface area contributed by atoms with E-state index in [1.165, 1.54) is 16.5 Å². The normalized spacial score (nSPS) is 11.4. The first-order valence-corrected chi connectivity index (χ1v) is 11.5. The first-order chi connectivity index (χ1) is 17.3. The van der Waals surface area contributed by atoms with Gasteiger partial charge in [-0.2, -0.15) is 5.26 Å². The summed E-state index contributed by atoms with van der Waals surface area (Å²) >= 11 is 0. The maximum absolute atomic E-state index is 12.7. The largest absolute Gasteiger partial charge is 0.494 e. The number of nitriles is 1. The van der Waals surface area contributed by atoms with Crippen molar-refractivity contribution in [3.63, 3.8) is 0 Å². The van der Waals surface area contributed by atoms with Crippen LogP contribution in [0.4, 0.5) is 0 Å². The highest BCUT2D eigenvalue weighted by Gasteiger charge is 2.16. The van der Waals surface area contributed by atoms with Crippen LogP contribution in [0.2, 0.25) is 0 Å². The number of aryl methyl sites for hydroxylation is 2. The fourth-order valence-corrected chi connectivity index (χ4v) is 4.03. The molecule has 3 heterocycles. The van der Waals surface area contributed by atoms with E-state index in [-0.39, 0.29) is 17.7 Å². The molecule has 0 saturated heterocycles. The molecule has 4 aromatic rings. The molecule has 0 aliphatic rings. The third-order valence-corrected chi connectivity index (χ3v) is 5.74. The van der Waals surface area contributed by atoms with Crippen LogP contribution >= 0.6 is 0 Å². The molecular formula is C28H26N4O4. The quantitative estimate of drug-likeness (QED) is 0.219. The van der Waals surface area contributed by atoms with Crippen molar-refractivity contribution in [1.82, 2.24) is 14.0 Å². The van der Waals surface area contributed by atoms with Crippen LogP contribution in [0.25, 0.3) is 17.4 Å². The van der Waals surface area contributed by atoms with E-state index in [4.69, 9.17) is 9.47 Å². The maximum atomic E-state index is 12.7. The van der Waals surface area contributed by atoms with Gasteiger partial charge in [-0.1, -0.05) is 0 Å². The van der Waals surface area contributed by atoms with Crippen LogP contribution in [0.5, 0.6) is 5.75 Å². The Morgan fingerprint density at radius 1 is 1.11 bits per heavy atom. The van der Waals surface area contributed by atoms with Gasteiger partial charge in [-0.15, -0.1) is 0 Å². The number of nitrogens with zero attached hydrogens (tertiary/aromatic N) is 4. The summed E-state index contributed by atoms with van der Waals surface area (Å²) in [7, 11) is 0. The van der Waals surface area contributed by atoms with Crippen molar-refractivity contribution in [3.8, 4) is 17.5 Å². The lowest BCUT2D eigenvalue weighted by Crippen LogP contribution is -2.17. The minimum Gasteiger partial charge on any atom is -0.494 e. The summed E-state index contributed by atoms with van der Waals surface area (Å²) in [5.74, 6) is 0.00619. The van der Waals surface area contributed by atoms with Gasteiger partial charge in [0.15, 0.2) is 0 Å². The molecule has 0 saturated carbocycles. The summed E-state index contributed by atoms with van der Waals surface area (Å²) < 4.78 is 14.3. The van der Waals surface area contributed by atoms with Crippen LogP contribution in [-0.2, 0) is 16.1 Å². The van der Waals surface area contributed by atoms with E-state index < -0.39 is 5.97 Å². The Morgan fingerprint density at radius 3 is 2.56 bits per heavy atom. The van der Waals surface area contributed by atoms with Gasteiger partial charge in [0.1, 0.15) is 29.6 Å². The number of hydrogen-bond acceptors (Lipinski definition) is 6. The second kappa shape index (κ2) is 10.3. The maximum Gasteiger partial charge on any atom is 0.349 e. The molecule has 0 aliphatic carbocycles. The number of ether oxygens (including phenoxy) is 2. The summed E-state index contributed by atoms with van der Waals surface area (Å²) in [6.45, 7) is 8.08. The zero-order valence-corrected chi connectivity index (χ0v) is 20.6. The van der Waals surface area contributed by atoms with Gasteiger partial charge in [0.2, 0.25) is 0 Å². The average molecular weight is 483 g/mol. The number of aromatic nitrogens is 3. The molecule has 0 amide bonds. The van der Waals surface area contributed by atoms with E-state index >= 15 is 0 Å². The number of esters is 1. The number of carbonyl (C=O) groups is 1. The second-order valence-electron chi connectivity index (χ2n) is 8.35. The number of pyridine rings is 1. The topological polar surface area (TPSA) is 98.6 Å². The van der Waals surface area contributed by atoms with Crippen LogP contribution in [0.15, 0.2) is 65.1 Å². The van der Waals surface area contributed by atoms with Crippen molar-refractivity contribution in [2.24, 2.45) is 0 Å². The number of benzene rings is 1. The van der Waals surface area contributed by atoms with Crippen LogP contribution in [-0.4, -0.2) is 26.5 Å². The van der Waals surface area contributed by atoms with E-state index in [0.29, 0.717) is 17.9 Å². The highest BCUT2D eigenvalue weighted by molar-refractivity contribution is 5.98. The molecule has 36 heavy (non-hydrogen) atoms. The highest BCUT2D eigenvalue weighted by Crippen LogP contribution is 2.24. The predicted molar refractivity (Wildman–Crippen MR) is 136 cm³/mol. The summed E-state index contributed by atoms with van der Waals surface area (Å²) in [6.07, 6.45) is 3.16. The van der Waals surface area contributed by atoms with Crippen LogP contribution < -0.4 is 10.3 Å². The molecule has 0 bridgehead atoms. The monoisotopic (exact) mass is 482 g/mol. The predicted octanol–water partition coefficient (Wildman–Crippen LogP) is 4.46. The van der Waals surface area contributed by atoms with Gasteiger partial charge >= 0.3 is 5.97 Å². The smallest absolute Gasteiger partial charge is 0.349 e. The molecule has 0 N–H and O–H groups in total. The third kappa shape index (κ3) is 5.05. The Kier molecular flexibility index (Phi) is 7.02. The summed E-state index contributed by atoms with van der Waals surface area (Å²) in [5, 5.41) is 9.63. The third-order valence-electron chi connectivity index (χ3n) is 5.74. The first-order valence-electron chi connectivity index (χ1n) is 11.5. The molecule has 0 fully saturated rings. The Bertz CT molecular complexity index is 1570. The Hall–Kier alpha value is -4.64. The number of rotatable bonds is 7. The zero-order valence-electron chi connectivity index (χ0n) is 20.6. The lowest BCUT2D eigenvalue weighted by atomic mass is 10.1. The lowest BCUT2D eigenvalue weighted by molar-refractivity contribution is -0.139. The van der Waals surface area contributed by atoms with Crippen molar-refractivity contribution in [2.45, 2.75) is 34.3 Å². The van der Waals surface area contributed by atoms with E-state index in [1.807, 2.05) is 74.7 Å². The van der Waals surface area contributed by atoms with E-state index in [2.05, 4.69) is 4.98 Å². The molecule has 0 atom stereocenters. The van der Waals surface area contributed by atoms with E-state index in [0.717, 1.165) is 34.0 Å². The Balaban J connectivity index is 1.55. The van der Waals surface area contributed by atoms with Gasteiger partial charge in [0, 0.05) is 29.3 Å². The van der Waals surface area contributed by atoms with Gasteiger partial charge in [-0.3, -0.25) is 9.20 Å². The molecule has 0 radical (unpaired) electrons. The second-order valence-corrected chi connectivity index (χ2v) is 8.35. The molecule has 4 rings (SSSR count). The zero-order chi connectivity index (χ0) is 25.8. The molecular weight excluding hydrogens is 456 g/mol. The van der Waals surface area contributed by atoms with Gasteiger partial charge < -0.3 is 14.0 Å². The fourth-order valence-electron chi connectivity index (χ4n) is 4.03. The summed E-state index contributed by atoms with van der Waals surface area (Å²) in [5.41, 5.74) is 4.80. The molecule has 1 aromatic carbocycles. The van der Waals surface area contributed by atoms with Crippen molar-refractivity contribution < 1.29 is 14.3 Å². The van der Waals surface area contributed by atoms with Gasteiger partial charge in [0.05, 0.1) is 12.3 Å². The molecule has 8 heteroatoms. The number of carbonyl (C=O) groups excluding carboxylic acids is 1. The highest BCUT2D eigenvalue weighted by atomic mass is 16.5. The van der Waals surface area contributed by atoms with Crippen molar-refractivity contribution in [3.05, 3.63) is 98.9 Å². The van der Waals surface area contributed by atoms with E-state index in [1.54, 1.807) is 12.3 Å². The summed E-state index contributed by atoms with van der Waals surface area (Å²) in [6, 6.07) is 16.5. The van der Waals surface area contributed by atoms with Crippen LogP contribution in [0, 0.1) is 32.1 Å².